The van der Waals surface area contributed by atoms with E-state index in [1.807, 2.05) is 83.4 Å². The second-order valence-corrected chi connectivity index (χ2v) is 5.82. The molecule has 1 aromatic heterocycles. The van der Waals surface area contributed by atoms with Gasteiger partial charge in [-0.15, -0.1) is 0 Å². The van der Waals surface area contributed by atoms with Gasteiger partial charge in [0.2, 0.25) is 0 Å². The summed E-state index contributed by atoms with van der Waals surface area (Å²) in [4.78, 5) is 16.8. The molecule has 0 atom stereocenters. The molecule has 0 aliphatic carbocycles. The maximum Gasteiger partial charge on any atom is 0.251 e. The van der Waals surface area contributed by atoms with E-state index >= 15 is 0 Å². The highest BCUT2D eigenvalue weighted by Crippen LogP contribution is 2.19. The van der Waals surface area contributed by atoms with E-state index in [0.717, 1.165) is 22.3 Å². The number of fused-ring (bicyclic) bond motifs is 1. The van der Waals surface area contributed by atoms with Crippen molar-refractivity contribution in [3.8, 4) is 5.69 Å². The van der Waals surface area contributed by atoms with Crippen LogP contribution in [-0.2, 0) is 6.54 Å². The number of aromatic nitrogens is 2. The summed E-state index contributed by atoms with van der Waals surface area (Å²) < 4.78 is 2.01. The minimum Gasteiger partial charge on any atom is -0.348 e. The van der Waals surface area contributed by atoms with Crippen molar-refractivity contribution in [2.24, 2.45) is 0 Å². The summed E-state index contributed by atoms with van der Waals surface area (Å²) in [6, 6.07) is 25.5. The zero-order chi connectivity index (χ0) is 17.1. The number of nitrogens with zero attached hydrogens (tertiary/aromatic N) is 2. The summed E-state index contributed by atoms with van der Waals surface area (Å²) >= 11 is 0. The molecule has 1 amide bonds. The zero-order valence-electron chi connectivity index (χ0n) is 13.6. The molecule has 122 valence electrons. The molecule has 4 rings (SSSR count). The van der Waals surface area contributed by atoms with E-state index in [1.165, 1.54) is 0 Å². The van der Waals surface area contributed by atoms with Crippen LogP contribution in [0.1, 0.15) is 15.9 Å². The van der Waals surface area contributed by atoms with Gasteiger partial charge in [-0.25, -0.2) is 4.98 Å². The molecule has 0 spiro atoms. The fraction of sp³-hybridized carbons (Fsp3) is 0.0476. The highest BCUT2D eigenvalue weighted by Gasteiger charge is 2.10. The number of carbonyl (C=O) groups is 1. The first kappa shape index (κ1) is 15.1. The van der Waals surface area contributed by atoms with Crippen LogP contribution in [0.5, 0.6) is 0 Å². The highest BCUT2D eigenvalue weighted by molar-refractivity contribution is 5.97. The molecule has 0 fully saturated rings. The second kappa shape index (κ2) is 6.61. The number of imidazole rings is 1. The maximum absolute atomic E-state index is 12.4. The number of para-hydroxylation sites is 1. The lowest BCUT2D eigenvalue weighted by Crippen LogP contribution is -2.22. The molecular weight excluding hydrogens is 310 g/mol. The van der Waals surface area contributed by atoms with E-state index in [1.54, 1.807) is 6.33 Å². The first-order chi connectivity index (χ1) is 12.3. The van der Waals surface area contributed by atoms with Gasteiger partial charge in [-0.2, -0.15) is 0 Å². The van der Waals surface area contributed by atoms with Gasteiger partial charge in [-0.05, 0) is 35.9 Å². The Bertz CT molecular complexity index is 1010. The first-order valence-corrected chi connectivity index (χ1v) is 8.16. The predicted molar refractivity (Wildman–Crippen MR) is 98.7 cm³/mol. The van der Waals surface area contributed by atoms with E-state index < -0.39 is 0 Å². The van der Waals surface area contributed by atoms with Crippen molar-refractivity contribution in [2.45, 2.75) is 6.54 Å². The number of amides is 1. The maximum atomic E-state index is 12.4. The number of hydrogen-bond acceptors (Lipinski definition) is 2. The lowest BCUT2D eigenvalue weighted by molar-refractivity contribution is 0.0951. The summed E-state index contributed by atoms with van der Waals surface area (Å²) in [7, 11) is 0. The molecule has 1 N–H and O–H groups in total. The topological polar surface area (TPSA) is 46.9 Å². The molecule has 0 bridgehead atoms. The second-order valence-electron chi connectivity index (χ2n) is 5.82. The Balaban J connectivity index is 1.56. The number of hydrogen-bond donors (Lipinski definition) is 1. The largest absolute Gasteiger partial charge is 0.348 e. The third kappa shape index (κ3) is 3.15. The van der Waals surface area contributed by atoms with Crippen LogP contribution < -0.4 is 5.32 Å². The molecule has 25 heavy (non-hydrogen) atoms. The number of benzene rings is 3. The average molecular weight is 327 g/mol. The first-order valence-electron chi connectivity index (χ1n) is 8.16. The molecule has 0 radical (unpaired) electrons. The Hall–Kier alpha value is -3.40. The van der Waals surface area contributed by atoms with E-state index in [4.69, 9.17) is 0 Å². The SMILES string of the molecule is O=C(NCc1ccccc1)c1ccc2c(c1)ncn2-c1ccccc1. The van der Waals surface area contributed by atoms with E-state index in [-0.39, 0.29) is 5.91 Å². The van der Waals surface area contributed by atoms with Crippen molar-refractivity contribution in [2.75, 3.05) is 0 Å². The van der Waals surface area contributed by atoms with Gasteiger partial charge in [0.25, 0.3) is 5.91 Å². The molecule has 3 aromatic carbocycles. The average Bonchev–Trinajstić information content (AvgIpc) is 3.11. The summed E-state index contributed by atoms with van der Waals surface area (Å²) in [5.74, 6) is -0.0972. The van der Waals surface area contributed by atoms with Gasteiger partial charge in [-0.3, -0.25) is 9.36 Å². The fourth-order valence-electron chi connectivity index (χ4n) is 2.83. The summed E-state index contributed by atoms with van der Waals surface area (Å²) in [6.07, 6.45) is 1.78. The zero-order valence-corrected chi connectivity index (χ0v) is 13.6. The molecule has 1 heterocycles. The predicted octanol–water partition coefficient (Wildman–Crippen LogP) is 3.96. The van der Waals surface area contributed by atoms with Crippen molar-refractivity contribution >= 4 is 16.9 Å². The Morgan fingerprint density at radius 3 is 2.40 bits per heavy atom. The van der Waals surface area contributed by atoms with Gasteiger partial charge < -0.3 is 5.32 Å². The molecule has 0 saturated carbocycles. The summed E-state index contributed by atoms with van der Waals surface area (Å²) in [5.41, 5.74) is 4.51. The number of nitrogens with one attached hydrogen (secondary N) is 1. The lowest BCUT2D eigenvalue weighted by Gasteiger charge is -2.06. The van der Waals surface area contributed by atoms with Crippen LogP contribution in [0.15, 0.2) is 85.2 Å². The molecule has 0 saturated heterocycles. The van der Waals surface area contributed by atoms with Gasteiger partial charge in [0.1, 0.15) is 6.33 Å². The van der Waals surface area contributed by atoms with Gasteiger partial charge in [0.15, 0.2) is 0 Å². The van der Waals surface area contributed by atoms with Crippen LogP contribution in [0.4, 0.5) is 0 Å². The standard InChI is InChI=1S/C21H17N3O/c25-21(22-14-16-7-3-1-4-8-16)17-11-12-20-19(13-17)23-15-24(20)18-9-5-2-6-10-18/h1-13,15H,14H2,(H,22,25). The van der Waals surface area contributed by atoms with Crippen LogP contribution in [0, 0.1) is 0 Å². The molecule has 0 aliphatic rings. The van der Waals surface area contributed by atoms with Crippen LogP contribution in [-0.4, -0.2) is 15.5 Å². The van der Waals surface area contributed by atoms with Gasteiger partial charge in [0, 0.05) is 17.8 Å². The monoisotopic (exact) mass is 327 g/mol. The minimum absolute atomic E-state index is 0.0972. The molecular formula is C21H17N3O. The quantitative estimate of drug-likeness (QED) is 0.617. The van der Waals surface area contributed by atoms with Crippen molar-refractivity contribution < 1.29 is 4.79 Å². The molecule has 4 heteroatoms. The number of rotatable bonds is 4. The summed E-state index contributed by atoms with van der Waals surface area (Å²) in [5, 5.41) is 2.94. The van der Waals surface area contributed by atoms with Gasteiger partial charge in [0.05, 0.1) is 11.0 Å². The Morgan fingerprint density at radius 2 is 1.64 bits per heavy atom. The van der Waals surface area contributed by atoms with Crippen molar-refractivity contribution in [3.63, 3.8) is 0 Å². The van der Waals surface area contributed by atoms with E-state index in [0.29, 0.717) is 12.1 Å². The molecule has 4 aromatic rings. The van der Waals surface area contributed by atoms with Crippen molar-refractivity contribution in [1.82, 2.24) is 14.9 Å². The van der Waals surface area contributed by atoms with E-state index in [9.17, 15) is 4.79 Å². The third-order valence-electron chi connectivity index (χ3n) is 4.14. The van der Waals surface area contributed by atoms with Crippen LogP contribution in [0.3, 0.4) is 0 Å². The highest BCUT2D eigenvalue weighted by atomic mass is 16.1. The molecule has 0 aliphatic heterocycles. The third-order valence-corrected chi connectivity index (χ3v) is 4.14. The number of carbonyl (C=O) groups excluding carboxylic acids is 1. The van der Waals surface area contributed by atoms with Gasteiger partial charge in [-0.1, -0.05) is 48.5 Å². The fourth-order valence-corrected chi connectivity index (χ4v) is 2.83. The molecule has 4 nitrogen and oxygen atoms in total. The van der Waals surface area contributed by atoms with Crippen LogP contribution in [0.25, 0.3) is 16.7 Å². The smallest absolute Gasteiger partial charge is 0.251 e. The van der Waals surface area contributed by atoms with Crippen LogP contribution >= 0.6 is 0 Å². The van der Waals surface area contributed by atoms with Crippen molar-refractivity contribution in [1.29, 1.82) is 0 Å². The van der Waals surface area contributed by atoms with E-state index in [2.05, 4.69) is 10.3 Å². The minimum atomic E-state index is -0.0972. The summed E-state index contributed by atoms with van der Waals surface area (Å²) in [6.45, 7) is 0.510. The Labute approximate surface area is 145 Å². The lowest BCUT2D eigenvalue weighted by atomic mass is 10.1. The Morgan fingerprint density at radius 1 is 0.920 bits per heavy atom. The Kier molecular flexibility index (Phi) is 4.01. The normalized spacial score (nSPS) is 10.7. The van der Waals surface area contributed by atoms with Gasteiger partial charge >= 0.3 is 0 Å². The van der Waals surface area contributed by atoms with Crippen molar-refractivity contribution in [3.05, 3.63) is 96.3 Å². The molecule has 0 unspecified atom stereocenters. The van der Waals surface area contributed by atoms with Crippen LogP contribution in [0.2, 0.25) is 0 Å².